The summed E-state index contributed by atoms with van der Waals surface area (Å²) >= 11 is 0. The van der Waals surface area contributed by atoms with Crippen molar-refractivity contribution in [2.45, 2.75) is 6.42 Å². The van der Waals surface area contributed by atoms with Crippen LogP contribution in [0.2, 0.25) is 0 Å². The molecule has 0 aliphatic carbocycles. The topological polar surface area (TPSA) is 84.1 Å². The predicted octanol–water partition coefficient (Wildman–Crippen LogP) is -0.369. The van der Waals surface area contributed by atoms with Gasteiger partial charge in [-0.2, -0.15) is 0 Å². The highest BCUT2D eigenvalue weighted by molar-refractivity contribution is 5.76. The molecule has 0 atom stereocenters. The molecule has 82 valence electrons. The Morgan fingerprint density at radius 1 is 1.53 bits per heavy atom. The van der Waals surface area contributed by atoms with Gasteiger partial charge in [0.15, 0.2) is 5.82 Å². The second kappa shape index (κ2) is 5.14. The molecule has 0 spiro atoms. The summed E-state index contributed by atoms with van der Waals surface area (Å²) in [7, 11) is 3.47. The molecule has 1 aromatic rings. The van der Waals surface area contributed by atoms with E-state index in [2.05, 4.69) is 15.5 Å². The first-order chi connectivity index (χ1) is 7.13. The van der Waals surface area contributed by atoms with E-state index in [0.717, 1.165) is 0 Å². The molecule has 6 heteroatoms. The van der Waals surface area contributed by atoms with Gasteiger partial charge in [-0.15, -0.1) is 10.2 Å². The van der Waals surface area contributed by atoms with E-state index in [-0.39, 0.29) is 5.91 Å². The Morgan fingerprint density at radius 2 is 2.27 bits per heavy atom. The van der Waals surface area contributed by atoms with Gasteiger partial charge in [0, 0.05) is 27.1 Å². The highest BCUT2D eigenvalue weighted by Gasteiger charge is 2.05. The number of nitrogens with zero attached hydrogens (tertiary/aromatic N) is 3. The third-order valence-electron chi connectivity index (χ3n) is 2.02. The van der Waals surface area contributed by atoms with Crippen molar-refractivity contribution < 1.29 is 4.79 Å². The number of rotatable bonds is 4. The van der Waals surface area contributed by atoms with Crippen LogP contribution in [0.3, 0.4) is 0 Å². The molecule has 0 aliphatic rings. The van der Waals surface area contributed by atoms with Crippen molar-refractivity contribution in [2.24, 2.45) is 0 Å². The average molecular weight is 209 g/mol. The maximum atomic E-state index is 11.0. The summed E-state index contributed by atoms with van der Waals surface area (Å²) in [5.74, 6) is 1.09. The smallest absolute Gasteiger partial charge is 0.221 e. The maximum Gasteiger partial charge on any atom is 0.221 e. The second-order valence-corrected chi connectivity index (χ2v) is 3.16. The van der Waals surface area contributed by atoms with E-state index in [1.807, 2.05) is 11.9 Å². The van der Waals surface area contributed by atoms with E-state index < -0.39 is 0 Å². The lowest BCUT2D eigenvalue weighted by molar-refractivity contribution is -0.120. The third-order valence-corrected chi connectivity index (χ3v) is 2.02. The van der Waals surface area contributed by atoms with Gasteiger partial charge in [0.25, 0.3) is 0 Å². The predicted molar refractivity (Wildman–Crippen MR) is 58.4 cm³/mol. The number of carbonyl (C=O) groups excluding carboxylic acids is 1. The van der Waals surface area contributed by atoms with Gasteiger partial charge in [-0.05, 0) is 12.1 Å². The maximum absolute atomic E-state index is 11.0. The molecule has 0 bridgehead atoms. The van der Waals surface area contributed by atoms with E-state index >= 15 is 0 Å². The van der Waals surface area contributed by atoms with Gasteiger partial charge in [-0.25, -0.2) is 0 Å². The van der Waals surface area contributed by atoms with Crippen molar-refractivity contribution in [3.63, 3.8) is 0 Å². The summed E-state index contributed by atoms with van der Waals surface area (Å²) in [6, 6.07) is 3.45. The van der Waals surface area contributed by atoms with Crippen LogP contribution in [0.5, 0.6) is 0 Å². The quantitative estimate of drug-likeness (QED) is 0.707. The minimum atomic E-state index is 0.00486. The highest BCUT2D eigenvalue weighted by atomic mass is 16.1. The minimum absolute atomic E-state index is 0.00486. The Morgan fingerprint density at radius 3 is 2.80 bits per heavy atom. The number of carbonyl (C=O) groups is 1. The second-order valence-electron chi connectivity index (χ2n) is 3.16. The van der Waals surface area contributed by atoms with Crippen LogP contribution in [0, 0.1) is 0 Å². The number of nitrogens with two attached hydrogens (primary N) is 1. The monoisotopic (exact) mass is 209 g/mol. The van der Waals surface area contributed by atoms with Gasteiger partial charge in [0.05, 0.1) is 0 Å². The molecule has 1 aromatic heterocycles. The lowest BCUT2D eigenvalue weighted by Gasteiger charge is -2.16. The first-order valence-corrected chi connectivity index (χ1v) is 4.64. The van der Waals surface area contributed by atoms with Gasteiger partial charge in [-0.1, -0.05) is 0 Å². The summed E-state index contributed by atoms with van der Waals surface area (Å²) in [6.07, 6.45) is 0.430. The van der Waals surface area contributed by atoms with E-state index in [1.54, 1.807) is 19.2 Å². The summed E-state index contributed by atoms with van der Waals surface area (Å²) in [5, 5.41) is 10.2. The molecule has 6 nitrogen and oxygen atoms in total. The Hall–Kier alpha value is -1.85. The lowest BCUT2D eigenvalue weighted by Crippen LogP contribution is -2.27. The fourth-order valence-corrected chi connectivity index (χ4v) is 1.05. The van der Waals surface area contributed by atoms with Crippen molar-refractivity contribution in [3.05, 3.63) is 12.1 Å². The number of nitrogen functional groups attached to an aromatic ring is 1. The van der Waals surface area contributed by atoms with Crippen molar-refractivity contribution in [2.75, 3.05) is 31.3 Å². The van der Waals surface area contributed by atoms with Crippen LogP contribution in [0.25, 0.3) is 0 Å². The molecule has 0 fully saturated rings. The molecular weight excluding hydrogens is 194 g/mol. The van der Waals surface area contributed by atoms with Crippen molar-refractivity contribution >= 4 is 17.5 Å². The van der Waals surface area contributed by atoms with Crippen molar-refractivity contribution in [1.82, 2.24) is 15.5 Å². The average Bonchev–Trinajstić information content (AvgIpc) is 2.26. The normalized spacial score (nSPS) is 9.73. The minimum Gasteiger partial charge on any atom is -0.382 e. The van der Waals surface area contributed by atoms with E-state index in [0.29, 0.717) is 24.6 Å². The van der Waals surface area contributed by atoms with Gasteiger partial charge in [0.2, 0.25) is 5.91 Å². The summed E-state index contributed by atoms with van der Waals surface area (Å²) in [6.45, 7) is 0.596. The third kappa shape index (κ3) is 3.41. The van der Waals surface area contributed by atoms with Crippen LogP contribution in [-0.4, -0.2) is 36.7 Å². The molecular formula is C9H15N5O. The summed E-state index contributed by atoms with van der Waals surface area (Å²) in [4.78, 5) is 12.9. The Kier molecular flexibility index (Phi) is 3.84. The molecule has 15 heavy (non-hydrogen) atoms. The summed E-state index contributed by atoms with van der Waals surface area (Å²) in [5.41, 5.74) is 5.41. The van der Waals surface area contributed by atoms with Gasteiger partial charge < -0.3 is 16.0 Å². The first kappa shape index (κ1) is 11.2. The first-order valence-electron chi connectivity index (χ1n) is 4.64. The Labute approximate surface area is 88.5 Å². The molecule has 0 aromatic carbocycles. The number of amides is 1. The standard InChI is InChI=1S/C9H15N5O/c1-11-9(15)5-6-14(2)8-4-3-7(10)12-13-8/h3-4H,5-6H2,1-2H3,(H2,10,12)(H,11,15). The van der Waals surface area contributed by atoms with Crippen molar-refractivity contribution in [3.8, 4) is 0 Å². The van der Waals surface area contributed by atoms with Crippen LogP contribution in [-0.2, 0) is 4.79 Å². The number of nitrogens with one attached hydrogen (secondary N) is 1. The molecule has 0 aliphatic heterocycles. The number of hydrogen-bond donors (Lipinski definition) is 2. The zero-order chi connectivity index (χ0) is 11.3. The zero-order valence-corrected chi connectivity index (χ0v) is 8.90. The SMILES string of the molecule is CNC(=O)CCN(C)c1ccc(N)nn1. The number of anilines is 2. The van der Waals surface area contributed by atoms with Gasteiger partial charge in [0.1, 0.15) is 5.82 Å². The molecule has 0 saturated carbocycles. The van der Waals surface area contributed by atoms with Gasteiger partial charge in [-0.3, -0.25) is 4.79 Å². The lowest BCUT2D eigenvalue weighted by atomic mass is 10.3. The Balaban J connectivity index is 2.50. The van der Waals surface area contributed by atoms with E-state index in [1.165, 1.54) is 0 Å². The molecule has 1 rings (SSSR count). The van der Waals surface area contributed by atoms with Crippen molar-refractivity contribution in [1.29, 1.82) is 0 Å². The van der Waals surface area contributed by atoms with Crippen LogP contribution in [0.15, 0.2) is 12.1 Å². The Bertz CT molecular complexity index is 324. The van der Waals surface area contributed by atoms with E-state index in [4.69, 9.17) is 5.73 Å². The number of hydrogen-bond acceptors (Lipinski definition) is 5. The van der Waals surface area contributed by atoms with Gasteiger partial charge >= 0.3 is 0 Å². The largest absolute Gasteiger partial charge is 0.382 e. The number of aromatic nitrogens is 2. The van der Waals surface area contributed by atoms with Crippen LogP contribution in [0.1, 0.15) is 6.42 Å². The summed E-state index contributed by atoms with van der Waals surface area (Å²) < 4.78 is 0. The van der Waals surface area contributed by atoms with Crippen LogP contribution < -0.4 is 16.0 Å². The molecule has 0 unspecified atom stereocenters. The molecule has 1 amide bonds. The van der Waals surface area contributed by atoms with Crippen LogP contribution in [0.4, 0.5) is 11.6 Å². The molecule has 1 heterocycles. The zero-order valence-electron chi connectivity index (χ0n) is 8.90. The van der Waals surface area contributed by atoms with E-state index in [9.17, 15) is 4.79 Å². The molecule has 3 N–H and O–H groups in total. The fourth-order valence-electron chi connectivity index (χ4n) is 1.05. The fraction of sp³-hybridized carbons (Fsp3) is 0.444. The molecule has 0 radical (unpaired) electrons. The molecule has 0 saturated heterocycles. The highest BCUT2D eigenvalue weighted by Crippen LogP contribution is 2.07. The van der Waals surface area contributed by atoms with Crippen LogP contribution >= 0.6 is 0 Å².